The molecular formula is C10H16N4O3. The molecule has 0 fully saturated rings. The number of amides is 2. The number of carbonyl (C=O) groups is 2. The van der Waals surface area contributed by atoms with Gasteiger partial charge in [-0.2, -0.15) is 5.10 Å². The van der Waals surface area contributed by atoms with Gasteiger partial charge in [0.2, 0.25) is 0 Å². The molecule has 94 valence electrons. The van der Waals surface area contributed by atoms with Gasteiger partial charge in [-0.15, -0.1) is 0 Å². The number of carboxylic acids is 1. The van der Waals surface area contributed by atoms with E-state index in [9.17, 15) is 9.59 Å². The molecule has 4 N–H and O–H groups in total. The second-order valence-electron chi connectivity index (χ2n) is 4.32. The lowest BCUT2D eigenvalue weighted by molar-refractivity contribution is -0.142. The summed E-state index contributed by atoms with van der Waals surface area (Å²) in [6, 6.07) is -0.579. The molecule has 0 aromatic carbocycles. The van der Waals surface area contributed by atoms with Crippen molar-refractivity contribution in [1.82, 2.24) is 15.5 Å². The Hall–Kier alpha value is -2.05. The fourth-order valence-electron chi connectivity index (χ4n) is 1.22. The van der Waals surface area contributed by atoms with Crippen LogP contribution in [0, 0.1) is 13.8 Å². The predicted molar refractivity (Wildman–Crippen MR) is 61.9 cm³/mol. The minimum absolute atomic E-state index is 0.559. The number of hydrogen-bond acceptors (Lipinski definition) is 3. The Balaban J connectivity index is 2.72. The summed E-state index contributed by atoms with van der Waals surface area (Å²) in [5, 5.41) is 20.4. The predicted octanol–water partition coefficient (Wildman–Crippen LogP) is 1.01. The van der Waals surface area contributed by atoms with Crippen LogP contribution in [0.2, 0.25) is 0 Å². The highest BCUT2D eigenvalue weighted by molar-refractivity contribution is 5.94. The number of hydrogen-bond donors (Lipinski definition) is 4. The van der Waals surface area contributed by atoms with E-state index in [1.54, 1.807) is 13.8 Å². The van der Waals surface area contributed by atoms with Crippen molar-refractivity contribution in [3.63, 3.8) is 0 Å². The van der Waals surface area contributed by atoms with Crippen LogP contribution in [-0.2, 0) is 4.79 Å². The Bertz CT molecular complexity index is 431. The van der Waals surface area contributed by atoms with Crippen molar-refractivity contribution in [2.75, 3.05) is 5.32 Å². The highest BCUT2D eigenvalue weighted by Gasteiger charge is 2.29. The molecule has 0 aliphatic rings. The molecule has 1 aromatic heterocycles. The molecule has 7 nitrogen and oxygen atoms in total. The lowest BCUT2D eigenvalue weighted by Crippen LogP contribution is -2.51. The van der Waals surface area contributed by atoms with Crippen molar-refractivity contribution in [3.05, 3.63) is 11.4 Å². The fraction of sp³-hybridized carbons (Fsp3) is 0.500. The lowest BCUT2D eigenvalue weighted by Gasteiger charge is -2.21. The maximum atomic E-state index is 11.6. The first-order valence-corrected chi connectivity index (χ1v) is 5.08. The minimum atomic E-state index is -1.32. The van der Waals surface area contributed by atoms with Gasteiger partial charge in [0.1, 0.15) is 5.54 Å². The zero-order valence-corrected chi connectivity index (χ0v) is 10.2. The highest BCUT2D eigenvalue weighted by atomic mass is 16.4. The van der Waals surface area contributed by atoms with Crippen LogP contribution < -0.4 is 10.6 Å². The molecule has 0 unspecified atom stereocenters. The minimum Gasteiger partial charge on any atom is -0.480 e. The summed E-state index contributed by atoms with van der Waals surface area (Å²) in [6.45, 7) is 6.31. The van der Waals surface area contributed by atoms with Gasteiger partial charge >= 0.3 is 12.0 Å². The third kappa shape index (κ3) is 2.96. The lowest BCUT2D eigenvalue weighted by atomic mass is 10.1. The molecule has 17 heavy (non-hydrogen) atoms. The number of H-pyrrole nitrogens is 1. The SMILES string of the molecule is Cc1n[nH]c(C)c1NC(=O)NC(C)(C)C(=O)O. The van der Waals surface area contributed by atoms with Crippen LogP contribution >= 0.6 is 0 Å². The third-order valence-corrected chi connectivity index (χ3v) is 2.33. The molecule has 1 aromatic rings. The highest BCUT2D eigenvalue weighted by Crippen LogP contribution is 2.16. The molecule has 0 aliphatic heterocycles. The van der Waals surface area contributed by atoms with Crippen LogP contribution in [0.5, 0.6) is 0 Å². The summed E-state index contributed by atoms with van der Waals surface area (Å²) in [4.78, 5) is 22.4. The van der Waals surface area contributed by atoms with Gasteiger partial charge in [-0.05, 0) is 27.7 Å². The van der Waals surface area contributed by atoms with E-state index in [-0.39, 0.29) is 0 Å². The average molecular weight is 240 g/mol. The standard InChI is InChI=1S/C10H16N4O3/c1-5-7(6(2)14-13-5)11-9(17)12-10(3,4)8(15)16/h1-4H3,(H,13,14)(H,15,16)(H2,11,12,17). The Morgan fingerprint density at radius 1 is 1.35 bits per heavy atom. The number of urea groups is 1. The van der Waals surface area contributed by atoms with Crippen LogP contribution in [-0.4, -0.2) is 32.8 Å². The van der Waals surface area contributed by atoms with Crippen LogP contribution in [0.4, 0.5) is 10.5 Å². The number of rotatable bonds is 3. The fourth-order valence-corrected chi connectivity index (χ4v) is 1.22. The number of aliphatic carboxylic acids is 1. The molecule has 0 spiro atoms. The maximum absolute atomic E-state index is 11.6. The first-order chi connectivity index (χ1) is 7.74. The smallest absolute Gasteiger partial charge is 0.328 e. The topological polar surface area (TPSA) is 107 Å². The maximum Gasteiger partial charge on any atom is 0.328 e. The monoisotopic (exact) mass is 240 g/mol. The number of anilines is 1. The summed E-state index contributed by atoms with van der Waals surface area (Å²) in [5.41, 5.74) is 0.593. The van der Waals surface area contributed by atoms with Crippen LogP contribution in [0.3, 0.4) is 0 Å². The molecule has 0 saturated carbocycles. The van der Waals surface area contributed by atoms with Crippen molar-refractivity contribution in [2.24, 2.45) is 0 Å². The second-order valence-corrected chi connectivity index (χ2v) is 4.32. The van der Waals surface area contributed by atoms with Gasteiger partial charge in [0.05, 0.1) is 17.1 Å². The van der Waals surface area contributed by atoms with E-state index < -0.39 is 17.5 Å². The summed E-state index contributed by atoms with van der Waals surface area (Å²) in [7, 11) is 0. The molecule has 0 atom stereocenters. The van der Waals surface area contributed by atoms with Crippen molar-refractivity contribution < 1.29 is 14.7 Å². The molecule has 0 saturated heterocycles. The van der Waals surface area contributed by atoms with E-state index in [2.05, 4.69) is 20.8 Å². The third-order valence-electron chi connectivity index (χ3n) is 2.33. The largest absolute Gasteiger partial charge is 0.480 e. The van der Waals surface area contributed by atoms with Gasteiger partial charge in [-0.1, -0.05) is 0 Å². The Kier molecular flexibility index (Phi) is 3.40. The number of nitrogens with zero attached hydrogens (tertiary/aromatic N) is 1. The van der Waals surface area contributed by atoms with Crippen molar-refractivity contribution in [1.29, 1.82) is 0 Å². The van der Waals surface area contributed by atoms with Gasteiger partial charge in [0.15, 0.2) is 0 Å². The zero-order valence-electron chi connectivity index (χ0n) is 10.2. The van der Waals surface area contributed by atoms with E-state index in [4.69, 9.17) is 5.11 Å². The van der Waals surface area contributed by atoms with Crippen LogP contribution in [0.15, 0.2) is 0 Å². The molecule has 0 aliphatic carbocycles. The second kappa shape index (κ2) is 4.44. The quantitative estimate of drug-likeness (QED) is 0.632. The number of aryl methyl sites for hydroxylation is 2. The summed E-state index contributed by atoms with van der Waals surface area (Å²) < 4.78 is 0. The number of aromatic amines is 1. The number of aromatic nitrogens is 2. The normalized spacial score (nSPS) is 11.1. The van der Waals surface area contributed by atoms with E-state index in [1.165, 1.54) is 13.8 Å². The Morgan fingerprint density at radius 3 is 2.35 bits per heavy atom. The molecular weight excluding hydrogens is 224 g/mol. The molecule has 0 bridgehead atoms. The van der Waals surface area contributed by atoms with Gasteiger partial charge < -0.3 is 15.7 Å². The van der Waals surface area contributed by atoms with Crippen molar-refractivity contribution in [2.45, 2.75) is 33.2 Å². The number of carbonyl (C=O) groups excluding carboxylic acids is 1. The first kappa shape index (κ1) is 13.0. The van der Waals surface area contributed by atoms with Gasteiger partial charge in [0.25, 0.3) is 0 Å². The van der Waals surface area contributed by atoms with E-state index in [1.807, 2.05) is 0 Å². The van der Waals surface area contributed by atoms with Crippen LogP contribution in [0.1, 0.15) is 25.2 Å². The molecule has 7 heteroatoms. The summed E-state index contributed by atoms with van der Waals surface area (Å²) in [6.07, 6.45) is 0. The van der Waals surface area contributed by atoms with E-state index in [0.717, 1.165) is 0 Å². The molecule has 2 amide bonds. The van der Waals surface area contributed by atoms with Gasteiger partial charge in [-0.3, -0.25) is 5.10 Å². The van der Waals surface area contributed by atoms with Crippen molar-refractivity contribution in [3.8, 4) is 0 Å². The van der Waals surface area contributed by atoms with Crippen LogP contribution in [0.25, 0.3) is 0 Å². The molecule has 1 rings (SSSR count). The number of nitrogens with one attached hydrogen (secondary N) is 3. The molecule has 1 heterocycles. The van der Waals surface area contributed by atoms with Gasteiger partial charge in [-0.25, -0.2) is 9.59 Å². The van der Waals surface area contributed by atoms with Crippen molar-refractivity contribution >= 4 is 17.7 Å². The average Bonchev–Trinajstić information content (AvgIpc) is 2.48. The first-order valence-electron chi connectivity index (χ1n) is 5.08. The zero-order chi connectivity index (χ0) is 13.2. The Morgan fingerprint density at radius 2 is 1.94 bits per heavy atom. The van der Waals surface area contributed by atoms with Gasteiger partial charge in [0, 0.05) is 0 Å². The number of carboxylic acid groups (broad SMARTS) is 1. The van der Waals surface area contributed by atoms with E-state index in [0.29, 0.717) is 17.1 Å². The summed E-state index contributed by atoms with van der Waals surface area (Å²) >= 11 is 0. The summed E-state index contributed by atoms with van der Waals surface area (Å²) in [5.74, 6) is -1.10. The Labute approximate surface area is 98.6 Å². The van der Waals surface area contributed by atoms with E-state index >= 15 is 0 Å². The molecule has 0 radical (unpaired) electrons.